The van der Waals surface area contributed by atoms with Gasteiger partial charge in [0.25, 0.3) is 0 Å². The molecule has 2 aromatic rings. The van der Waals surface area contributed by atoms with Crippen LogP contribution in [0.25, 0.3) is 0 Å². The second kappa shape index (κ2) is 8.21. The zero-order valence-corrected chi connectivity index (χ0v) is 16.3. The van der Waals surface area contributed by atoms with Gasteiger partial charge in [-0.15, -0.1) is 0 Å². The minimum atomic E-state index is -0.756. The molecule has 0 radical (unpaired) electrons. The van der Waals surface area contributed by atoms with Crippen LogP contribution in [0.2, 0.25) is 10.0 Å². The molecule has 27 heavy (non-hydrogen) atoms. The number of halogens is 2. The number of rotatable bonds is 5. The molecule has 0 unspecified atom stereocenters. The lowest BCUT2D eigenvalue weighted by Crippen LogP contribution is -2.38. The molecule has 2 atom stereocenters. The molecule has 2 amide bonds. The Labute approximate surface area is 168 Å². The first-order valence-corrected chi connectivity index (χ1v) is 9.19. The summed E-state index contributed by atoms with van der Waals surface area (Å²) in [7, 11) is 1.63. The lowest BCUT2D eigenvalue weighted by molar-refractivity contribution is 0.0934. The second-order valence-corrected chi connectivity index (χ2v) is 7.18. The number of hydrogen-bond acceptors (Lipinski definition) is 3. The lowest BCUT2D eigenvalue weighted by atomic mass is 10.1. The largest absolute Gasteiger partial charge is 0.489 e. The maximum absolute atomic E-state index is 12.7. The van der Waals surface area contributed by atoms with Gasteiger partial charge in [-0.1, -0.05) is 41.9 Å². The van der Waals surface area contributed by atoms with E-state index in [0.29, 0.717) is 34.5 Å². The number of likely N-dealkylation sites (N-methyl/N-ethyl adjacent to an activating group) is 1. The predicted molar refractivity (Wildman–Crippen MR) is 108 cm³/mol. The number of carbonyl (C=O) groups is 1. The first-order valence-electron chi connectivity index (χ1n) is 8.44. The summed E-state index contributed by atoms with van der Waals surface area (Å²) in [6, 6.07) is 9.57. The van der Waals surface area contributed by atoms with Gasteiger partial charge in [-0.25, -0.2) is 4.79 Å². The highest BCUT2D eigenvalue weighted by Gasteiger charge is 2.37. The summed E-state index contributed by atoms with van der Waals surface area (Å²) in [5, 5.41) is 14.3. The molecule has 1 aliphatic carbocycles. The fraction of sp³-hybridized carbons (Fsp3) is 0.250. The van der Waals surface area contributed by atoms with Crippen molar-refractivity contribution < 1.29 is 14.6 Å². The number of amides is 2. The normalized spacial score (nSPS) is 17.9. The van der Waals surface area contributed by atoms with Gasteiger partial charge < -0.3 is 20.1 Å². The SMILES string of the molecule is C=CCOc1cccc(NC(=O)N(C)[C@H]2c3cc(Cl)cc(Cl)c3C[C@H]2O)c1. The van der Waals surface area contributed by atoms with E-state index < -0.39 is 12.1 Å². The summed E-state index contributed by atoms with van der Waals surface area (Å²) >= 11 is 12.4. The zero-order chi connectivity index (χ0) is 19.6. The van der Waals surface area contributed by atoms with Crippen LogP contribution in [0.3, 0.4) is 0 Å². The van der Waals surface area contributed by atoms with E-state index in [0.717, 1.165) is 11.1 Å². The number of hydrogen-bond donors (Lipinski definition) is 2. The summed E-state index contributed by atoms with van der Waals surface area (Å²) in [6.45, 7) is 3.99. The maximum atomic E-state index is 12.7. The van der Waals surface area contributed by atoms with Crippen molar-refractivity contribution in [3.63, 3.8) is 0 Å². The Bertz CT molecular complexity index is 872. The van der Waals surface area contributed by atoms with Crippen molar-refractivity contribution in [2.75, 3.05) is 19.0 Å². The Morgan fingerprint density at radius 2 is 2.19 bits per heavy atom. The quantitative estimate of drug-likeness (QED) is 0.708. The highest BCUT2D eigenvalue weighted by Crippen LogP contribution is 2.41. The molecular weight excluding hydrogens is 387 g/mol. The molecule has 3 rings (SSSR count). The Hall–Kier alpha value is -2.21. The number of fused-ring (bicyclic) bond motifs is 1. The molecule has 2 N–H and O–H groups in total. The van der Waals surface area contributed by atoms with Gasteiger partial charge in [-0.05, 0) is 35.4 Å². The van der Waals surface area contributed by atoms with Crippen molar-refractivity contribution in [3.8, 4) is 5.75 Å². The maximum Gasteiger partial charge on any atom is 0.322 e. The molecule has 1 aliphatic rings. The van der Waals surface area contributed by atoms with E-state index in [4.69, 9.17) is 27.9 Å². The second-order valence-electron chi connectivity index (χ2n) is 6.34. The van der Waals surface area contributed by atoms with Crippen LogP contribution in [0.4, 0.5) is 10.5 Å². The van der Waals surface area contributed by atoms with Gasteiger partial charge in [0.1, 0.15) is 12.4 Å². The van der Waals surface area contributed by atoms with Crippen molar-refractivity contribution in [3.05, 3.63) is 70.2 Å². The summed E-state index contributed by atoms with van der Waals surface area (Å²) < 4.78 is 5.48. The van der Waals surface area contributed by atoms with Gasteiger partial charge in [0.05, 0.1) is 12.1 Å². The smallest absolute Gasteiger partial charge is 0.322 e. The minimum absolute atomic E-state index is 0.358. The van der Waals surface area contributed by atoms with Crippen LogP contribution in [0.15, 0.2) is 49.1 Å². The number of urea groups is 1. The molecule has 0 aliphatic heterocycles. The van der Waals surface area contributed by atoms with E-state index in [-0.39, 0.29) is 6.03 Å². The zero-order valence-electron chi connectivity index (χ0n) is 14.8. The van der Waals surface area contributed by atoms with Gasteiger partial charge in [0.15, 0.2) is 0 Å². The number of benzene rings is 2. The van der Waals surface area contributed by atoms with Crippen molar-refractivity contribution >= 4 is 34.9 Å². The van der Waals surface area contributed by atoms with Gasteiger partial charge in [0.2, 0.25) is 0 Å². The fourth-order valence-electron chi connectivity index (χ4n) is 3.25. The molecule has 142 valence electrons. The summed E-state index contributed by atoms with van der Waals surface area (Å²) in [5.41, 5.74) is 2.17. The van der Waals surface area contributed by atoms with E-state index in [1.54, 1.807) is 49.5 Å². The Kier molecular flexibility index (Phi) is 5.95. The number of aliphatic hydroxyl groups excluding tert-OH is 1. The third-order valence-corrected chi connectivity index (χ3v) is 5.04. The Morgan fingerprint density at radius 3 is 2.93 bits per heavy atom. The van der Waals surface area contributed by atoms with Crippen LogP contribution >= 0.6 is 23.2 Å². The Morgan fingerprint density at radius 1 is 1.41 bits per heavy atom. The average molecular weight is 407 g/mol. The highest BCUT2D eigenvalue weighted by molar-refractivity contribution is 6.35. The summed E-state index contributed by atoms with van der Waals surface area (Å²) in [6.07, 6.45) is 1.26. The molecule has 0 heterocycles. The van der Waals surface area contributed by atoms with Crippen molar-refractivity contribution in [1.29, 1.82) is 0 Å². The van der Waals surface area contributed by atoms with E-state index in [9.17, 15) is 9.90 Å². The fourth-order valence-corrected chi connectivity index (χ4v) is 3.84. The summed E-state index contributed by atoms with van der Waals surface area (Å²) in [5.74, 6) is 0.625. The van der Waals surface area contributed by atoms with Crippen molar-refractivity contribution in [2.45, 2.75) is 18.6 Å². The lowest BCUT2D eigenvalue weighted by Gasteiger charge is -2.28. The molecule has 7 heteroatoms. The molecule has 0 saturated carbocycles. The highest BCUT2D eigenvalue weighted by atomic mass is 35.5. The molecule has 2 aromatic carbocycles. The first kappa shape index (κ1) is 19.5. The molecule has 0 spiro atoms. The van der Waals surface area contributed by atoms with E-state index in [2.05, 4.69) is 11.9 Å². The number of ether oxygens (including phenoxy) is 1. The standard InChI is InChI=1S/C20H20Cl2N2O3/c1-3-7-27-14-6-4-5-13(10-14)23-20(26)24(2)19-16-8-12(21)9-17(22)15(16)11-18(19)25/h3-6,8-10,18-19,25H,1,7,11H2,2H3,(H,23,26)/t18-,19+/m1/s1. The average Bonchev–Trinajstić information content (AvgIpc) is 2.96. The predicted octanol–water partition coefficient (Wildman–Crippen LogP) is 4.68. The molecule has 5 nitrogen and oxygen atoms in total. The Balaban J connectivity index is 1.78. The van der Waals surface area contributed by atoms with Gasteiger partial charge in [-0.2, -0.15) is 0 Å². The van der Waals surface area contributed by atoms with Gasteiger partial charge in [-0.3, -0.25) is 0 Å². The number of carbonyl (C=O) groups excluding carboxylic acids is 1. The van der Waals surface area contributed by atoms with Gasteiger partial charge >= 0.3 is 6.03 Å². The number of nitrogens with zero attached hydrogens (tertiary/aromatic N) is 1. The number of aliphatic hydroxyl groups is 1. The number of anilines is 1. The van der Waals surface area contributed by atoms with E-state index >= 15 is 0 Å². The van der Waals surface area contributed by atoms with Crippen LogP contribution in [0, 0.1) is 0 Å². The van der Waals surface area contributed by atoms with E-state index in [1.165, 1.54) is 4.90 Å². The first-order chi connectivity index (χ1) is 12.9. The van der Waals surface area contributed by atoms with Crippen LogP contribution in [-0.2, 0) is 6.42 Å². The molecule has 0 saturated heterocycles. The number of nitrogens with one attached hydrogen (secondary N) is 1. The third kappa shape index (κ3) is 4.21. The van der Waals surface area contributed by atoms with Crippen LogP contribution in [-0.4, -0.2) is 35.8 Å². The van der Waals surface area contributed by atoms with Gasteiger partial charge in [0, 0.05) is 35.3 Å². The van der Waals surface area contributed by atoms with Crippen LogP contribution in [0.1, 0.15) is 17.2 Å². The topological polar surface area (TPSA) is 61.8 Å². The van der Waals surface area contributed by atoms with Crippen LogP contribution in [0.5, 0.6) is 5.75 Å². The molecular formula is C20H20Cl2N2O3. The van der Waals surface area contributed by atoms with Crippen LogP contribution < -0.4 is 10.1 Å². The molecule has 0 bridgehead atoms. The minimum Gasteiger partial charge on any atom is -0.489 e. The molecule has 0 aromatic heterocycles. The third-order valence-electron chi connectivity index (χ3n) is 4.48. The van der Waals surface area contributed by atoms with Crippen molar-refractivity contribution in [2.24, 2.45) is 0 Å². The van der Waals surface area contributed by atoms with E-state index in [1.807, 2.05) is 0 Å². The summed E-state index contributed by atoms with van der Waals surface area (Å²) in [4.78, 5) is 14.2. The molecule has 0 fully saturated rings. The van der Waals surface area contributed by atoms with Crippen molar-refractivity contribution in [1.82, 2.24) is 4.90 Å². The monoisotopic (exact) mass is 406 g/mol.